The molecule has 1 saturated carbocycles. The van der Waals surface area contributed by atoms with E-state index < -0.39 is 0 Å². The molecule has 0 bridgehead atoms. The normalized spacial score (nSPS) is 25.8. The Balaban J connectivity index is 2.47. The van der Waals surface area contributed by atoms with E-state index >= 15 is 0 Å². The van der Waals surface area contributed by atoms with Gasteiger partial charge in [0, 0.05) is 0 Å². The van der Waals surface area contributed by atoms with Crippen LogP contribution in [0, 0.1) is 11.3 Å². The fraction of sp³-hybridized carbons (Fsp3) is 1.00. The third kappa shape index (κ3) is 2.97. The summed E-state index contributed by atoms with van der Waals surface area (Å²) >= 11 is 0. The minimum absolute atomic E-state index is 0.460. The van der Waals surface area contributed by atoms with Gasteiger partial charge in [0.2, 0.25) is 0 Å². The maximum Gasteiger partial charge on any atom is -0.000680 e. The van der Waals surface area contributed by atoms with Gasteiger partial charge in [0.05, 0.1) is 0 Å². The van der Waals surface area contributed by atoms with Gasteiger partial charge in [-0.1, -0.05) is 20.8 Å². The summed E-state index contributed by atoms with van der Waals surface area (Å²) in [4.78, 5) is 0.460. The maximum atomic E-state index is 2.98. The summed E-state index contributed by atoms with van der Waals surface area (Å²) < 4.78 is 0. The van der Waals surface area contributed by atoms with E-state index in [1.165, 1.54) is 25.7 Å². The topological polar surface area (TPSA) is 0 Å². The molecule has 0 aromatic carbocycles. The molecule has 12 heavy (non-hydrogen) atoms. The van der Waals surface area contributed by atoms with Crippen LogP contribution in [0.3, 0.4) is 0 Å². The molecule has 72 valence electrons. The predicted molar refractivity (Wildman–Crippen MR) is 63.6 cm³/mol. The first-order chi connectivity index (χ1) is 5.31. The highest BCUT2D eigenvalue weighted by molar-refractivity contribution is 7.39. The zero-order valence-corrected chi connectivity index (χ0v) is 10.9. The average Bonchev–Trinajstić information content (AvgIpc) is 1.83. The molecule has 1 aliphatic carbocycles. The third-order valence-corrected chi connectivity index (χ3v) is 4.30. The van der Waals surface area contributed by atoms with E-state index in [1.807, 2.05) is 0 Å². The monoisotopic (exact) mass is 204 g/mol. The molecule has 0 amide bonds. The molecule has 1 fully saturated rings. The Morgan fingerprint density at radius 2 is 1.50 bits per heavy atom. The van der Waals surface area contributed by atoms with Crippen molar-refractivity contribution in [3.05, 3.63) is 0 Å². The largest absolute Gasteiger partial charge is 0.127 e. The molecular weight excluding hydrogens is 182 g/mol. The van der Waals surface area contributed by atoms with Crippen LogP contribution in [0.25, 0.3) is 0 Å². The highest BCUT2D eigenvalue weighted by atomic mass is 31.1. The van der Waals surface area contributed by atoms with Crippen LogP contribution in [0.1, 0.15) is 46.5 Å². The molecule has 0 spiro atoms. The van der Waals surface area contributed by atoms with E-state index in [0.29, 0.717) is 10.3 Å². The maximum absolute atomic E-state index is 2.98. The van der Waals surface area contributed by atoms with Crippen LogP contribution < -0.4 is 0 Å². The zero-order valence-electron chi connectivity index (χ0n) is 8.56. The number of rotatable bonds is 0. The summed E-state index contributed by atoms with van der Waals surface area (Å²) in [5, 5.41) is 0. The fourth-order valence-corrected chi connectivity index (χ4v) is 2.69. The van der Waals surface area contributed by atoms with Gasteiger partial charge in [-0.05, 0) is 41.9 Å². The minimum Gasteiger partial charge on any atom is -0.127 e. The molecule has 0 saturated heterocycles. The Bertz CT molecular complexity index is 146. The Kier molecular flexibility index (Phi) is 3.23. The highest BCUT2D eigenvalue weighted by Gasteiger charge is 2.32. The quantitative estimate of drug-likeness (QED) is 0.528. The van der Waals surface area contributed by atoms with Crippen molar-refractivity contribution in [3.63, 3.8) is 0 Å². The molecule has 1 aliphatic rings. The van der Waals surface area contributed by atoms with Gasteiger partial charge < -0.3 is 0 Å². The molecule has 1 rings (SSSR count). The van der Waals surface area contributed by atoms with E-state index in [1.54, 1.807) is 0 Å². The minimum atomic E-state index is 0.460. The molecule has 0 radical (unpaired) electrons. The molecule has 2 unspecified atom stereocenters. The van der Waals surface area contributed by atoms with E-state index in [9.17, 15) is 0 Å². The fourth-order valence-electron chi connectivity index (χ4n) is 2.02. The number of hydrogen-bond donors (Lipinski definition) is 0. The van der Waals surface area contributed by atoms with Crippen LogP contribution in [0.2, 0.25) is 0 Å². The molecule has 2 atom stereocenters. The highest BCUT2D eigenvalue weighted by Crippen LogP contribution is 2.47. The lowest BCUT2D eigenvalue weighted by Gasteiger charge is -2.40. The molecule has 0 aromatic rings. The van der Waals surface area contributed by atoms with Crippen LogP contribution in [0.5, 0.6) is 0 Å². The van der Waals surface area contributed by atoms with Crippen molar-refractivity contribution in [1.82, 2.24) is 0 Å². The lowest BCUT2D eigenvalue weighted by molar-refractivity contribution is 0.177. The van der Waals surface area contributed by atoms with Crippen molar-refractivity contribution in [1.29, 1.82) is 0 Å². The second kappa shape index (κ2) is 3.55. The van der Waals surface area contributed by atoms with Crippen LogP contribution >= 0.6 is 18.5 Å². The molecule has 0 nitrogen and oxygen atoms in total. The lowest BCUT2D eigenvalue weighted by atomic mass is 9.72. The summed E-state index contributed by atoms with van der Waals surface area (Å²) in [5.74, 6) is 0.937. The van der Waals surface area contributed by atoms with E-state index in [-0.39, 0.29) is 0 Å². The summed E-state index contributed by atoms with van der Waals surface area (Å²) in [5.41, 5.74) is 0.520. The Hall–Kier alpha value is 0.860. The van der Waals surface area contributed by atoms with Gasteiger partial charge in [-0.25, -0.2) is 0 Å². The van der Waals surface area contributed by atoms with Crippen molar-refractivity contribution in [2.45, 2.75) is 51.4 Å². The van der Waals surface area contributed by atoms with Gasteiger partial charge >= 0.3 is 0 Å². The SMILES string of the molecule is CC(C)(C)C1CCC(P)(P)CC1. The Morgan fingerprint density at radius 1 is 1.08 bits per heavy atom. The average molecular weight is 204 g/mol. The Labute approximate surface area is 81.7 Å². The summed E-state index contributed by atoms with van der Waals surface area (Å²) in [7, 11) is 5.97. The molecule has 0 heterocycles. The van der Waals surface area contributed by atoms with E-state index in [4.69, 9.17) is 0 Å². The van der Waals surface area contributed by atoms with Gasteiger partial charge in [-0.3, -0.25) is 0 Å². The first-order valence-corrected chi connectivity index (χ1v) is 6.04. The summed E-state index contributed by atoms with van der Waals surface area (Å²) in [6.45, 7) is 7.11. The second-order valence-electron chi connectivity index (χ2n) is 5.37. The Morgan fingerprint density at radius 3 is 1.83 bits per heavy atom. The predicted octanol–water partition coefficient (Wildman–Crippen LogP) is 3.67. The lowest BCUT2D eigenvalue weighted by Crippen LogP contribution is -2.29. The molecule has 2 heteroatoms. The number of hydrogen-bond acceptors (Lipinski definition) is 0. The van der Waals surface area contributed by atoms with E-state index in [2.05, 4.69) is 39.3 Å². The zero-order chi connectivity index (χ0) is 9.41. The van der Waals surface area contributed by atoms with Crippen molar-refractivity contribution >= 4 is 18.5 Å². The first-order valence-electron chi connectivity index (χ1n) is 4.89. The van der Waals surface area contributed by atoms with Crippen molar-refractivity contribution < 1.29 is 0 Å². The summed E-state index contributed by atoms with van der Waals surface area (Å²) in [6, 6.07) is 0. The van der Waals surface area contributed by atoms with Crippen LogP contribution in [-0.2, 0) is 0 Å². The summed E-state index contributed by atoms with van der Waals surface area (Å²) in [6.07, 6.45) is 5.50. The second-order valence-corrected chi connectivity index (χ2v) is 8.34. The molecule has 0 N–H and O–H groups in total. The van der Waals surface area contributed by atoms with E-state index in [0.717, 1.165) is 5.92 Å². The van der Waals surface area contributed by atoms with Crippen molar-refractivity contribution in [3.8, 4) is 0 Å². The van der Waals surface area contributed by atoms with Crippen LogP contribution in [0.4, 0.5) is 0 Å². The van der Waals surface area contributed by atoms with Gasteiger partial charge in [-0.2, -0.15) is 0 Å². The van der Waals surface area contributed by atoms with Gasteiger partial charge in [-0.15, -0.1) is 18.5 Å². The molecular formula is C10H22P2. The van der Waals surface area contributed by atoms with Gasteiger partial charge in [0.25, 0.3) is 0 Å². The van der Waals surface area contributed by atoms with Crippen LogP contribution in [0.15, 0.2) is 0 Å². The first kappa shape index (κ1) is 10.9. The smallest absolute Gasteiger partial charge is 0.000680 e. The third-order valence-electron chi connectivity index (χ3n) is 3.14. The molecule has 0 aliphatic heterocycles. The van der Waals surface area contributed by atoms with Gasteiger partial charge in [0.1, 0.15) is 0 Å². The molecule has 0 aromatic heterocycles. The van der Waals surface area contributed by atoms with Crippen molar-refractivity contribution in [2.24, 2.45) is 11.3 Å². The van der Waals surface area contributed by atoms with Crippen LogP contribution in [-0.4, -0.2) is 4.90 Å². The van der Waals surface area contributed by atoms with Crippen molar-refractivity contribution in [2.75, 3.05) is 0 Å². The van der Waals surface area contributed by atoms with Gasteiger partial charge in [0.15, 0.2) is 0 Å². The standard InChI is InChI=1S/C10H22P2/c1-9(2,3)8-4-6-10(11,12)7-5-8/h8H,4-7,11-12H2,1-3H3.